The first-order chi connectivity index (χ1) is 13.0. The Morgan fingerprint density at radius 2 is 2.00 bits per heavy atom. The third-order valence-corrected chi connectivity index (χ3v) is 6.62. The van der Waals surface area contributed by atoms with Gasteiger partial charge in [0.2, 0.25) is 15.9 Å². The second kappa shape index (κ2) is 7.46. The molecule has 1 amide bonds. The monoisotopic (exact) mass is 389 g/mol. The highest BCUT2D eigenvalue weighted by molar-refractivity contribution is 7.89. The van der Waals surface area contributed by atoms with Gasteiger partial charge in [-0.3, -0.25) is 9.69 Å². The molecule has 144 valence electrons. The first-order valence-electron chi connectivity index (χ1n) is 9.23. The summed E-state index contributed by atoms with van der Waals surface area (Å²) >= 11 is 0. The Bertz CT molecular complexity index is 918. The molecule has 8 heteroatoms. The highest BCUT2D eigenvalue weighted by atomic mass is 32.2. The van der Waals surface area contributed by atoms with Gasteiger partial charge in [-0.25, -0.2) is 13.1 Å². The molecule has 1 fully saturated rings. The Balaban J connectivity index is 1.51. The zero-order chi connectivity index (χ0) is 18.9. The van der Waals surface area contributed by atoms with Crippen LogP contribution in [0.4, 0.5) is 5.69 Å². The number of amides is 1. The molecule has 1 unspecified atom stereocenters. The van der Waals surface area contributed by atoms with Gasteiger partial charge in [-0.1, -0.05) is 0 Å². The lowest BCUT2D eigenvalue weighted by atomic mass is 10.0. The molecule has 2 aliphatic rings. The minimum atomic E-state index is -3.65. The molecule has 1 aromatic heterocycles. The van der Waals surface area contributed by atoms with Gasteiger partial charge in [-0.15, -0.1) is 0 Å². The van der Waals surface area contributed by atoms with Crippen molar-refractivity contribution in [3.05, 3.63) is 47.9 Å². The van der Waals surface area contributed by atoms with E-state index in [-0.39, 0.29) is 23.4 Å². The molecule has 0 radical (unpaired) electrons. The second-order valence-corrected chi connectivity index (χ2v) is 8.76. The molecule has 2 aromatic rings. The lowest BCUT2D eigenvalue weighted by molar-refractivity contribution is -0.116. The summed E-state index contributed by atoms with van der Waals surface area (Å²) in [7, 11) is -3.65. The van der Waals surface area contributed by atoms with Crippen molar-refractivity contribution in [1.82, 2.24) is 9.62 Å². The Kier molecular flexibility index (Phi) is 5.03. The number of carbonyl (C=O) groups is 1. The van der Waals surface area contributed by atoms with E-state index in [0.717, 1.165) is 37.3 Å². The van der Waals surface area contributed by atoms with Crippen LogP contribution in [0.1, 0.15) is 36.6 Å². The fraction of sp³-hybridized carbons (Fsp3) is 0.421. The van der Waals surface area contributed by atoms with Crippen LogP contribution in [0.5, 0.6) is 0 Å². The van der Waals surface area contributed by atoms with Crippen LogP contribution >= 0.6 is 0 Å². The standard InChI is InChI=1S/C19H23N3O4S/c23-19-8-5-14-12-15(6-7-16(14)21-19)27(24,25)20-13-17(18-4-3-11-26-18)22-9-1-2-10-22/h3-4,6-7,11-12,17,20H,1-2,5,8-10,13H2,(H,21,23). The number of sulfonamides is 1. The van der Waals surface area contributed by atoms with Crippen molar-refractivity contribution >= 4 is 21.6 Å². The van der Waals surface area contributed by atoms with Crippen molar-refractivity contribution in [2.45, 2.75) is 36.6 Å². The van der Waals surface area contributed by atoms with Gasteiger partial charge < -0.3 is 9.73 Å². The van der Waals surface area contributed by atoms with Crippen LogP contribution in [0.25, 0.3) is 0 Å². The predicted molar refractivity (Wildman–Crippen MR) is 101 cm³/mol. The highest BCUT2D eigenvalue weighted by Gasteiger charge is 2.28. The third-order valence-electron chi connectivity index (χ3n) is 5.20. The van der Waals surface area contributed by atoms with E-state index in [2.05, 4.69) is 14.9 Å². The Labute approximate surface area is 158 Å². The molecule has 4 rings (SSSR count). The molecule has 0 aliphatic carbocycles. The number of hydrogen-bond acceptors (Lipinski definition) is 5. The average Bonchev–Trinajstić information content (AvgIpc) is 3.36. The normalized spacial score (nSPS) is 18.9. The van der Waals surface area contributed by atoms with Crippen molar-refractivity contribution in [3.63, 3.8) is 0 Å². The fourth-order valence-electron chi connectivity index (χ4n) is 3.74. The molecule has 1 saturated heterocycles. The summed E-state index contributed by atoms with van der Waals surface area (Å²) in [4.78, 5) is 13.9. The maximum Gasteiger partial charge on any atom is 0.240 e. The van der Waals surface area contributed by atoms with Crippen molar-refractivity contribution in [2.75, 3.05) is 25.0 Å². The second-order valence-electron chi connectivity index (χ2n) is 6.99. The average molecular weight is 389 g/mol. The summed E-state index contributed by atoms with van der Waals surface area (Å²) in [5.74, 6) is 0.732. The number of carbonyl (C=O) groups excluding carboxylic acids is 1. The fourth-order valence-corrected chi connectivity index (χ4v) is 4.83. The van der Waals surface area contributed by atoms with Crippen LogP contribution in [0.3, 0.4) is 0 Å². The molecule has 0 spiro atoms. The molecular weight excluding hydrogens is 366 g/mol. The van der Waals surface area contributed by atoms with Crippen LogP contribution in [-0.2, 0) is 21.2 Å². The Morgan fingerprint density at radius 1 is 1.19 bits per heavy atom. The van der Waals surface area contributed by atoms with Gasteiger partial charge in [0.05, 0.1) is 17.2 Å². The Morgan fingerprint density at radius 3 is 2.74 bits per heavy atom. The minimum Gasteiger partial charge on any atom is -0.468 e. The van der Waals surface area contributed by atoms with Gasteiger partial charge in [-0.2, -0.15) is 0 Å². The summed E-state index contributed by atoms with van der Waals surface area (Å²) in [6, 6.07) is 8.43. The number of anilines is 1. The lowest BCUT2D eigenvalue weighted by Gasteiger charge is -2.26. The summed E-state index contributed by atoms with van der Waals surface area (Å²) in [6.45, 7) is 2.13. The van der Waals surface area contributed by atoms with Crippen LogP contribution in [0.15, 0.2) is 45.9 Å². The van der Waals surface area contributed by atoms with Crippen molar-refractivity contribution in [3.8, 4) is 0 Å². The molecule has 0 bridgehead atoms. The number of benzene rings is 1. The third kappa shape index (κ3) is 3.92. The zero-order valence-electron chi connectivity index (χ0n) is 15.0. The smallest absolute Gasteiger partial charge is 0.240 e. The molecule has 1 aromatic carbocycles. The topological polar surface area (TPSA) is 91.6 Å². The maximum atomic E-state index is 12.8. The zero-order valence-corrected chi connectivity index (χ0v) is 15.8. The van der Waals surface area contributed by atoms with E-state index in [0.29, 0.717) is 18.5 Å². The van der Waals surface area contributed by atoms with E-state index in [1.54, 1.807) is 18.4 Å². The van der Waals surface area contributed by atoms with E-state index in [4.69, 9.17) is 4.42 Å². The number of rotatable bonds is 6. The lowest BCUT2D eigenvalue weighted by Crippen LogP contribution is -2.36. The molecule has 3 heterocycles. The van der Waals surface area contributed by atoms with E-state index < -0.39 is 10.0 Å². The van der Waals surface area contributed by atoms with Gasteiger partial charge in [-0.05, 0) is 68.2 Å². The number of fused-ring (bicyclic) bond motifs is 1. The Hall–Kier alpha value is -2.16. The van der Waals surface area contributed by atoms with E-state index >= 15 is 0 Å². The van der Waals surface area contributed by atoms with Crippen molar-refractivity contribution in [2.24, 2.45) is 0 Å². The molecule has 0 saturated carbocycles. The molecular formula is C19H23N3O4S. The van der Waals surface area contributed by atoms with Crippen molar-refractivity contribution < 1.29 is 17.6 Å². The summed E-state index contributed by atoms with van der Waals surface area (Å²) in [5, 5.41) is 2.77. The molecule has 7 nitrogen and oxygen atoms in total. The molecule has 2 aliphatic heterocycles. The van der Waals surface area contributed by atoms with Gasteiger partial charge in [0, 0.05) is 18.7 Å². The number of nitrogens with zero attached hydrogens (tertiary/aromatic N) is 1. The van der Waals surface area contributed by atoms with Gasteiger partial charge in [0.15, 0.2) is 0 Å². The van der Waals surface area contributed by atoms with E-state index in [1.165, 1.54) is 6.07 Å². The first-order valence-corrected chi connectivity index (χ1v) is 10.7. The van der Waals surface area contributed by atoms with Crippen molar-refractivity contribution in [1.29, 1.82) is 0 Å². The van der Waals surface area contributed by atoms with Gasteiger partial charge >= 0.3 is 0 Å². The highest BCUT2D eigenvalue weighted by Crippen LogP contribution is 2.27. The number of furan rings is 1. The number of aryl methyl sites for hydroxylation is 1. The van der Waals surface area contributed by atoms with Crippen LogP contribution in [-0.4, -0.2) is 38.9 Å². The summed E-state index contributed by atoms with van der Waals surface area (Å²) < 4.78 is 33.9. The first kappa shape index (κ1) is 18.2. The van der Waals surface area contributed by atoms with E-state index in [1.807, 2.05) is 12.1 Å². The largest absolute Gasteiger partial charge is 0.468 e. The quantitative estimate of drug-likeness (QED) is 0.791. The predicted octanol–water partition coefficient (Wildman–Crippen LogP) is 2.28. The SMILES string of the molecule is O=C1CCc2cc(S(=O)(=O)NCC(c3ccco3)N3CCCC3)ccc2N1. The van der Waals surface area contributed by atoms with Gasteiger partial charge in [0.1, 0.15) is 5.76 Å². The van der Waals surface area contributed by atoms with Crippen LogP contribution in [0, 0.1) is 0 Å². The molecule has 27 heavy (non-hydrogen) atoms. The molecule has 2 N–H and O–H groups in total. The summed E-state index contributed by atoms with van der Waals surface area (Å²) in [6.07, 6.45) is 4.76. The maximum absolute atomic E-state index is 12.8. The van der Waals surface area contributed by atoms with Crippen LogP contribution < -0.4 is 10.0 Å². The number of likely N-dealkylation sites (tertiary alicyclic amines) is 1. The molecule has 1 atom stereocenters. The number of nitrogens with one attached hydrogen (secondary N) is 2. The van der Waals surface area contributed by atoms with E-state index in [9.17, 15) is 13.2 Å². The van der Waals surface area contributed by atoms with Crippen LogP contribution in [0.2, 0.25) is 0 Å². The summed E-state index contributed by atoms with van der Waals surface area (Å²) in [5.41, 5.74) is 1.54. The minimum absolute atomic E-state index is 0.0388. The van der Waals surface area contributed by atoms with Gasteiger partial charge in [0.25, 0.3) is 0 Å². The number of hydrogen-bond donors (Lipinski definition) is 2.